The predicted molar refractivity (Wildman–Crippen MR) is 84.1 cm³/mol. The summed E-state index contributed by atoms with van der Waals surface area (Å²) in [4.78, 5) is 24.3. The Hall–Kier alpha value is -2.82. The monoisotopic (exact) mass is 296 g/mol. The fraction of sp³-hybridized carbons (Fsp3) is 0.176. The molecule has 0 aliphatic carbocycles. The molecule has 0 fully saturated rings. The number of carbonyl (C=O) groups excluding carboxylic acids is 2. The summed E-state index contributed by atoms with van der Waals surface area (Å²) >= 11 is 0. The molecule has 0 saturated heterocycles. The minimum atomic E-state index is -0.453. The molecule has 2 amide bonds. The number of hydrogen-bond acceptors (Lipinski definition) is 3. The van der Waals surface area contributed by atoms with Crippen molar-refractivity contribution in [3.63, 3.8) is 0 Å². The van der Waals surface area contributed by atoms with E-state index in [4.69, 9.17) is 4.74 Å². The molecule has 1 atom stereocenters. The third-order valence-electron chi connectivity index (χ3n) is 3.68. The van der Waals surface area contributed by atoms with E-state index in [9.17, 15) is 9.59 Å². The van der Waals surface area contributed by atoms with Crippen LogP contribution in [0.2, 0.25) is 0 Å². The van der Waals surface area contributed by atoms with Crippen molar-refractivity contribution in [2.45, 2.75) is 12.3 Å². The van der Waals surface area contributed by atoms with Gasteiger partial charge in [-0.1, -0.05) is 30.3 Å². The average Bonchev–Trinajstić information content (AvgIpc) is 2.84. The van der Waals surface area contributed by atoms with Gasteiger partial charge in [-0.25, -0.2) is 0 Å². The van der Waals surface area contributed by atoms with Crippen LogP contribution >= 0.6 is 0 Å². The lowest BCUT2D eigenvalue weighted by Crippen LogP contribution is -2.20. The molecule has 2 aromatic rings. The number of ether oxygens (including phenoxy) is 1. The van der Waals surface area contributed by atoms with E-state index in [1.54, 1.807) is 19.2 Å². The molecule has 1 aliphatic rings. The first kappa shape index (κ1) is 14.1. The Morgan fingerprint density at radius 3 is 2.73 bits per heavy atom. The van der Waals surface area contributed by atoms with E-state index in [-0.39, 0.29) is 18.2 Å². The highest BCUT2D eigenvalue weighted by atomic mass is 16.5. The molecule has 0 saturated carbocycles. The number of anilines is 2. The van der Waals surface area contributed by atoms with Crippen molar-refractivity contribution >= 4 is 23.2 Å². The number of para-hydroxylation sites is 3. The Labute approximate surface area is 128 Å². The topological polar surface area (TPSA) is 67.4 Å². The van der Waals surface area contributed by atoms with E-state index in [1.165, 1.54) is 0 Å². The van der Waals surface area contributed by atoms with Crippen molar-refractivity contribution in [2.24, 2.45) is 0 Å². The summed E-state index contributed by atoms with van der Waals surface area (Å²) in [6.45, 7) is 0. The molecule has 1 aliphatic heterocycles. The Morgan fingerprint density at radius 1 is 1.18 bits per heavy atom. The summed E-state index contributed by atoms with van der Waals surface area (Å²) in [5.41, 5.74) is 2.24. The fourth-order valence-electron chi connectivity index (χ4n) is 2.61. The summed E-state index contributed by atoms with van der Waals surface area (Å²) in [5.74, 6) is -0.226. The lowest BCUT2D eigenvalue weighted by molar-refractivity contribution is -0.122. The molecule has 3 rings (SSSR count). The number of hydrogen-bond donors (Lipinski definition) is 2. The van der Waals surface area contributed by atoms with Crippen molar-refractivity contribution in [2.75, 3.05) is 17.7 Å². The average molecular weight is 296 g/mol. The molecular formula is C17H16N2O3. The number of carbonyl (C=O) groups is 2. The first-order valence-corrected chi connectivity index (χ1v) is 7.01. The van der Waals surface area contributed by atoms with E-state index in [0.29, 0.717) is 11.4 Å². The summed E-state index contributed by atoms with van der Waals surface area (Å²) in [6, 6.07) is 14.6. The molecule has 0 aromatic heterocycles. The highest BCUT2D eigenvalue weighted by molar-refractivity contribution is 6.06. The van der Waals surface area contributed by atoms with Crippen LogP contribution in [0.5, 0.6) is 5.75 Å². The maximum Gasteiger partial charge on any atom is 0.232 e. The molecule has 22 heavy (non-hydrogen) atoms. The fourth-order valence-corrected chi connectivity index (χ4v) is 2.61. The number of benzene rings is 2. The predicted octanol–water partition coefficient (Wildman–Crippen LogP) is 2.76. The maximum atomic E-state index is 12.2. The third kappa shape index (κ3) is 2.65. The van der Waals surface area contributed by atoms with Gasteiger partial charge < -0.3 is 15.4 Å². The van der Waals surface area contributed by atoms with E-state index < -0.39 is 5.92 Å². The molecule has 5 nitrogen and oxygen atoms in total. The number of nitrogens with one attached hydrogen (secondary N) is 2. The van der Waals surface area contributed by atoms with Crippen molar-refractivity contribution in [1.29, 1.82) is 0 Å². The zero-order valence-electron chi connectivity index (χ0n) is 12.1. The second-order valence-electron chi connectivity index (χ2n) is 5.08. The molecule has 0 radical (unpaired) electrons. The number of amides is 2. The highest BCUT2D eigenvalue weighted by Gasteiger charge is 2.31. The van der Waals surface area contributed by atoms with Crippen LogP contribution in [0.1, 0.15) is 17.9 Å². The summed E-state index contributed by atoms with van der Waals surface area (Å²) in [6.07, 6.45) is 0.0981. The SMILES string of the molecule is COc1ccccc1NC(=O)CC1C(=O)Nc2ccccc21. The summed E-state index contributed by atoms with van der Waals surface area (Å²) < 4.78 is 5.20. The van der Waals surface area contributed by atoms with E-state index in [1.807, 2.05) is 36.4 Å². The molecule has 112 valence electrons. The Balaban J connectivity index is 1.74. The van der Waals surface area contributed by atoms with Crippen LogP contribution in [0.3, 0.4) is 0 Å². The van der Waals surface area contributed by atoms with Crippen LogP contribution < -0.4 is 15.4 Å². The largest absolute Gasteiger partial charge is 0.495 e. The van der Waals surface area contributed by atoms with E-state index in [2.05, 4.69) is 10.6 Å². The van der Waals surface area contributed by atoms with Gasteiger partial charge in [-0.3, -0.25) is 9.59 Å². The third-order valence-corrected chi connectivity index (χ3v) is 3.68. The van der Waals surface area contributed by atoms with E-state index in [0.717, 1.165) is 11.3 Å². The zero-order chi connectivity index (χ0) is 15.5. The molecule has 5 heteroatoms. The second kappa shape index (κ2) is 5.89. The lowest BCUT2D eigenvalue weighted by Gasteiger charge is -2.12. The van der Waals surface area contributed by atoms with Crippen LogP contribution in [-0.4, -0.2) is 18.9 Å². The Bertz CT molecular complexity index is 727. The van der Waals surface area contributed by atoms with Gasteiger partial charge in [-0.2, -0.15) is 0 Å². The minimum Gasteiger partial charge on any atom is -0.495 e. The van der Waals surface area contributed by atoms with Gasteiger partial charge in [0.1, 0.15) is 5.75 Å². The molecule has 1 heterocycles. The standard InChI is InChI=1S/C17H16N2O3/c1-22-15-9-5-4-8-14(15)18-16(20)10-12-11-6-2-3-7-13(11)19-17(12)21/h2-9,12H,10H2,1H3,(H,18,20)(H,19,21). The van der Waals surface area contributed by atoms with Crippen molar-refractivity contribution < 1.29 is 14.3 Å². The summed E-state index contributed by atoms with van der Waals surface area (Å²) in [7, 11) is 1.55. The lowest BCUT2D eigenvalue weighted by atomic mass is 9.97. The number of fused-ring (bicyclic) bond motifs is 1. The first-order valence-electron chi connectivity index (χ1n) is 7.01. The van der Waals surface area contributed by atoms with Gasteiger partial charge in [0.15, 0.2) is 0 Å². The van der Waals surface area contributed by atoms with Crippen LogP contribution in [0.25, 0.3) is 0 Å². The van der Waals surface area contributed by atoms with E-state index >= 15 is 0 Å². The maximum absolute atomic E-state index is 12.2. The van der Waals surface area contributed by atoms with Gasteiger partial charge in [-0.05, 0) is 23.8 Å². The molecule has 0 spiro atoms. The van der Waals surface area contributed by atoms with Gasteiger partial charge in [0.25, 0.3) is 0 Å². The van der Waals surface area contributed by atoms with Gasteiger partial charge >= 0.3 is 0 Å². The van der Waals surface area contributed by atoms with Crippen molar-refractivity contribution in [3.8, 4) is 5.75 Å². The minimum absolute atomic E-state index is 0.0981. The van der Waals surface area contributed by atoms with Crippen LogP contribution in [0.15, 0.2) is 48.5 Å². The first-order chi connectivity index (χ1) is 10.7. The normalized spacial score (nSPS) is 15.9. The second-order valence-corrected chi connectivity index (χ2v) is 5.08. The number of rotatable bonds is 4. The molecule has 2 N–H and O–H groups in total. The Morgan fingerprint density at radius 2 is 1.91 bits per heavy atom. The Kier molecular flexibility index (Phi) is 3.78. The van der Waals surface area contributed by atoms with Crippen molar-refractivity contribution in [1.82, 2.24) is 0 Å². The molecule has 1 unspecified atom stereocenters. The van der Waals surface area contributed by atoms with Gasteiger partial charge in [0, 0.05) is 12.1 Å². The van der Waals surface area contributed by atoms with Crippen LogP contribution in [-0.2, 0) is 9.59 Å². The molecule has 2 aromatic carbocycles. The van der Waals surface area contributed by atoms with Gasteiger partial charge in [0.05, 0.1) is 18.7 Å². The smallest absolute Gasteiger partial charge is 0.232 e. The van der Waals surface area contributed by atoms with Crippen LogP contribution in [0, 0.1) is 0 Å². The number of methoxy groups -OCH3 is 1. The molecular weight excluding hydrogens is 280 g/mol. The van der Waals surface area contributed by atoms with Crippen LogP contribution in [0.4, 0.5) is 11.4 Å². The summed E-state index contributed by atoms with van der Waals surface area (Å²) in [5, 5.41) is 5.59. The van der Waals surface area contributed by atoms with Gasteiger partial charge in [0.2, 0.25) is 11.8 Å². The zero-order valence-corrected chi connectivity index (χ0v) is 12.1. The quantitative estimate of drug-likeness (QED) is 0.911. The molecule has 0 bridgehead atoms. The van der Waals surface area contributed by atoms with Gasteiger partial charge in [-0.15, -0.1) is 0 Å². The van der Waals surface area contributed by atoms with Crippen molar-refractivity contribution in [3.05, 3.63) is 54.1 Å². The highest BCUT2D eigenvalue weighted by Crippen LogP contribution is 2.34.